The summed E-state index contributed by atoms with van der Waals surface area (Å²) in [4.78, 5) is 2.72. The van der Waals surface area contributed by atoms with Crippen molar-refractivity contribution < 1.29 is 0 Å². The Morgan fingerprint density at radius 3 is 2.43 bits per heavy atom. The van der Waals surface area contributed by atoms with Crippen LogP contribution < -0.4 is 0 Å². The Morgan fingerprint density at radius 1 is 1.07 bits per heavy atom. The first-order chi connectivity index (χ1) is 6.50. The molecule has 2 aliphatic carbocycles. The first-order valence-corrected chi connectivity index (χ1v) is 6.22. The van der Waals surface area contributed by atoms with Gasteiger partial charge in [-0.2, -0.15) is 0 Å². The SMILES string of the molecule is CN1C2CC2C2CCC(C(C)(C)C)C21. The van der Waals surface area contributed by atoms with E-state index in [4.69, 9.17) is 0 Å². The van der Waals surface area contributed by atoms with Crippen LogP contribution in [0.15, 0.2) is 0 Å². The average molecular weight is 193 g/mol. The highest BCUT2D eigenvalue weighted by Gasteiger charge is 2.61. The highest BCUT2D eigenvalue weighted by atomic mass is 15.3. The maximum atomic E-state index is 2.72. The minimum absolute atomic E-state index is 0.518. The average Bonchev–Trinajstić information content (AvgIpc) is 2.63. The summed E-state index contributed by atoms with van der Waals surface area (Å²) >= 11 is 0. The fraction of sp³-hybridized carbons (Fsp3) is 1.00. The van der Waals surface area contributed by atoms with Crippen LogP contribution in [0.2, 0.25) is 0 Å². The van der Waals surface area contributed by atoms with Crippen LogP contribution in [0.1, 0.15) is 40.0 Å². The number of fused-ring (bicyclic) bond motifs is 3. The first kappa shape index (κ1) is 9.21. The molecule has 1 nitrogen and oxygen atoms in total. The van der Waals surface area contributed by atoms with Gasteiger partial charge in [-0.25, -0.2) is 0 Å². The molecule has 3 fully saturated rings. The molecule has 0 aromatic heterocycles. The summed E-state index contributed by atoms with van der Waals surface area (Å²) in [5.74, 6) is 3.11. The predicted molar refractivity (Wildman–Crippen MR) is 59.1 cm³/mol. The van der Waals surface area contributed by atoms with Gasteiger partial charge < -0.3 is 0 Å². The fourth-order valence-corrected chi connectivity index (χ4v) is 4.36. The maximum Gasteiger partial charge on any atom is 0.0160 e. The Hall–Kier alpha value is -0.0400. The molecule has 1 heteroatoms. The third kappa shape index (κ3) is 1.05. The maximum absolute atomic E-state index is 2.72. The van der Waals surface area contributed by atoms with Crippen LogP contribution in [0.3, 0.4) is 0 Å². The van der Waals surface area contributed by atoms with Gasteiger partial charge in [0.05, 0.1) is 0 Å². The zero-order valence-electron chi connectivity index (χ0n) is 9.96. The zero-order chi connectivity index (χ0) is 10.1. The minimum atomic E-state index is 0.518. The van der Waals surface area contributed by atoms with Gasteiger partial charge >= 0.3 is 0 Å². The van der Waals surface area contributed by atoms with Crippen molar-refractivity contribution >= 4 is 0 Å². The van der Waals surface area contributed by atoms with Crippen molar-refractivity contribution in [3.8, 4) is 0 Å². The molecular formula is C13H23N. The summed E-state index contributed by atoms with van der Waals surface area (Å²) in [7, 11) is 2.37. The Morgan fingerprint density at radius 2 is 1.79 bits per heavy atom. The molecule has 3 aliphatic rings. The van der Waals surface area contributed by atoms with E-state index in [2.05, 4.69) is 32.7 Å². The largest absolute Gasteiger partial charge is 0.300 e. The summed E-state index contributed by atoms with van der Waals surface area (Å²) in [5, 5.41) is 0. The molecule has 0 radical (unpaired) electrons. The standard InChI is InChI=1S/C13H23N/c1-13(2,3)10-6-5-8-9-7-11(9)14(4)12(8)10/h8-12H,5-7H2,1-4H3. The smallest absolute Gasteiger partial charge is 0.0160 e. The van der Waals surface area contributed by atoms with E-state index in [0.29, 0.717) is 5.41 Å². The molecule has 0 amide bonds. The number of hydrogen-bond acceptors (Lipinski definition) is 1. The van der Waals surface area contributed by atoms with E-state index in [1.165, 1.54) is 19.3 Å². The fourth-order valence-electron chi connectivity index (χ4n) is 4.36. The number of likely N-dealkylation sites (tertiary alicyclic amines) is 1. The molecule has 3 rings (SSSR count). The summed E-state index contributed by atoms with van der Waals surface area (Å²) in [6.07, 6.45) is 4.50. The van der Waals surface area contributed by atoms with Crippen LogP contribution in [-0.4, -0.2) is 24.0 Å². The second-order valence-corrected chi connectivity index (χ2v) is 6.84. The lowest BCUT2D eigenvalue weighted by Crippen LogP contribution is -2.40. The Labute approximate surface area is 87.9 Å². The lowest BCUT2D eigenvalue weighted by Gasteiger charge is -2.37. The van der Waals surface area contributed by atoms with Crippen molar-refractivity contribution in [2.24, 2.45) is 23.2 Å². The van der Waals surface area contributed by atoms with Crippen molar-refractivity contribution in [1.29, 1.82) is 0 Å². The molecule has 0 N–H and O–H groups in total. The summed E-state index contributed by atoms with van der Waals surface area (Å²) in [6, 6.07) is 1.91. The molecule has 2 saturated carbocycles. The number of nitrogens with zero attached hydrogens (tertiary/aromatic N) is 1. The van der Waals surface area contributed by atoms with Crippen molar-refractivity contribution in [3.63, 3.8) is 0 Å². The monoisotopic (exact) mass is 193 g/mol. The van der Waals surface area contributed by atoms with Crippen molar-refractivity contribution in [1.82, 2.24) is 4.90 Å². The summed E-state index contributed by atoms with van der Waals surface area (Å²) in [6.45, 7) is 7.29. The second kappa shape index (κ2) is 2.55. The van der Waals surface area contributed by atoms with Gasteiger partial charge in [0, 0.05) is 12.1 Å². The third-order valence-corrected chi connectivity index (χ3v) is 5.12. The van der Waals surface area contributed by atoms with Crippen LogP contribution in [-0.2, 0) is 0 Å². The van der Waals surface area contributed by atoms with Crippen LogP contribution in [0.4, 0.5) is 0 Å². The van der Waals surface area contributed by atoms with Crippen molar-refractivity contribution in [2.75, 3.05) is 7.05 Å². The van der Waals surface area contributed by atoms with Gasteiger partial charge in [-0.05, 0) is 49.5 Å². The molecule has 14 heavy (non-hydrogen) atoms. The molecular weight excluding hydrogens is 170 g/mol. The van der Waals surface area contributed by atoms with Gasteiger partial charge in [-0.1, -0.05) is 20.8 Å². The molecule has 1 heterocycles. The van der Waals surface area contributed by atoms with E-state index in [9.17, 15) is 0 Å². The van der Waals surface area contributed by atoms with Gasteiger partial charge in [0.2, 0.25) is 0 Å². The highest BCUT2D eigenvalue weighted by Crippen LogP contribution is 2.60. The zero-order valence-corrected chi connectivity index (χ0v) is 9.96. The van der Waals surface area contributed by atoms with E-state index in [1.807, 2.05) is 0 Å². The quantitative estimate of drug-likeness (QED) is 0.572. The molecule has 0 spiro atoms. The van der Waals surface area contributed by atoms with Gasteiger partial charge in [-0.3, -0.25) is 4.90 Å². The normalized spacial score (nSPS) is 51.9. The number of rotatable bonds is 0. The second-order valence-electron chi connectivity index (χ2n) is 6.84. The topological polar surface area (TPSA) is 3.24 Å². The molecule has 1 aliphatic heterocycles. The van der Waals surface area contributed by atoms with Gasteiger partial charge in [0.15, 0.2) is 0 Å². The van der Waals surface area contributed by atoms with Gasteiger partial charge in [-0.15, -0.1) is 0 Å². The van der Waals surface area contributed by atoms with Gasteiger partial charge in [0.1, 0.15) is 0 Å². The Balaban J connectivity index is 1.85. The van der Waals surface area contributed by atoms with E-state index in [1.54, 1.807) is 0 Å². The molecule has 0 aromatic rings. The van der Waals surface area contributed by atoms with Crippen LogP contribution >= 0.6 is 0 Å². The predicted octanol–water partition coefficient (Wildman–Crippen LogP) is 2.76. The highest BCUT2D eigenvalue weighted by molar-refractivity contribution is 5.14. The van der Waals surface area contributed by atoms with Gasteiger partial charge in [0.25, 0.3) is 0 Å². The summed E-state index contributed by atoms with van der Waals surface area (Å²) < 4.78 is 0. The minimum Gasteiger partial charge on any atom is -0.300 e. The van der Waals surface area contributed by atoms with Crippen molar-refractivity contribution in [3.05, 3.63) is 0 Å². The lowest BCUT2D eigenvalue weighted by atomic mass is 9.76. The molecule has 0 aromatic carbocycles. The van der Waals surface area contributed by atoms with E-state index >= 15 is 0 Å². The van der Waals surface area contributed by atoms with Crippen LogP contribution in [0, 0.1) is 23.2 Å². The molecule has 0 bridgehead atoms. The molecule has 5 atom stereocenters. The van der Waals surface area contributed by atoms with Crippen LogP contribution in [0.25, 0.3) is 0 Å². The van der Waals surface area contributed by atoms with E-state index in [-0.39, 0.29) is 0 Å². The molecule has 5 unspecified atom stereocenters. The third-order valence-electron chi connectivity index (χ3n) is 5.12. The number of hydrogen-bond donors (Lipinski definition) is 0. The lowest BCUT2D eigenvalue weighted by molar-refractivity contribution is 0.116. The Bertz CT molecular complexity index is 252. The van der Waals surface area contributed by atoms with E-state index < -0.39 is 0 Å². The number of piperidine rings is 1. The Kier molecular flexibility index (Phi) is 1.68. The molecule has 80 valence electrons. The first-order valence-electron chi connectivity index (χ1n) is 6.22. The van der Waals surface area contributed by atoms with Crippen LogP contribution in [0.5, 0.6) is 0 Å². The summed E-state index contributed by atoms with van der Waals surface area (Å²) in [5.41, 5.74) is 0.518. The van der Waals surface area contributed by atoms with Crippen molar-refractivity contribution in [2.45, 2.75) is 52.1 Å². The van der Waals surface area contributed by atoms with E-state index in [0.717, 1.165) is 29.8 Å². The molecule has 1 saturated heterocycles.